The fraction of sp³-hybridized carbons (Fsp3) is 0.417. The molecule has 4 nitrogen and oxygen atoms in total. The molecule has 0 aliphatic heterocycles. The van der Waals surface area contributed by atoms with Crippen LogP contribution in [0, 0.1) is 0 Å². The summed E-state index contributed by atoms with van der Waals surface area (Å²) in [4.78, 5) is 15.4. The Balaban J connectivity index is 1.68. The van der Waals surface area contributed by atoms with Gasteiger partial charge in [-0.15, -0.1) is 0 Å². The Hall–Kier alpha value is -1.39. The number of hydrogen-bond acceptors (Lipinski definition) is 3. The van der Waals surface area contributed by atoms with E-state index in [0.29, 0.717) is 12.0 Å². The molecule has 0 heterocycles. The zero-order valence-electron chi connectivity index (χ0n) is 9.06. The molecule has 1 aliphatic rings. The summed E-state index contributed by atoms with van der Waals surface area (Å²) in [6.07, 6.45) is 2.09. The standard InChI is InChI=1S/C12H16N2O2/c13-12(15)8-16-14-11-6-10(7-11)9-4-2-1-3-5-9/h1-5,10-11,14H,6-8H2,(H2,13,15). The van der Waals surface area contributed by atoms with Gasteiger partial charge in [0.2, 0.25) is 5.91 Å². The zero-order chi connectivity index (χ0) is 11.4. The Morgan fingerprint density at radius 3 is 2.69 bits per heavy atom. The van der Waals surface area contributed by atoms with Crippen molar-refractivity contribution in [3.8, 4) is 0 Å². The average molecular weight is 220 g/mol. The van der Waals surface area contributed by atoms with Gasteiger partial charge in [0.25, 0.3) is 0 Å². The van der Waals surface area contributed by atoms with Gasteiger partial charge in [-0.3, -0.25) is 9.63 Å². The molecule has 2 rings (SSSR count). The quantitative estimate of drug-likeness (QED) is 0.726. The van der Waals surface area contributed by atoms with Crippen molar-refractivity contribution in [2.45, 2.75) is 24.8 Å². The van der Waals surface area contributed by atoms with E-state index in [4.69, 9.17) is 10.6 Å². The molecule has 0 spiro atoms. The number of amides is 1. The number of benzene rings is 1. The molecular weight excluding hydrogens is 204 g/mol. The summed E-state index contributed by atoms with van der Waals surface area (Å²) in [5, 5.41) is 0. The summed E-state index contributed by atoms with van der Waals surface area (Å²) in [6, 6.07) is 10.8. The van der Waals surface area contributed by atoms with Crippen LogP contribution in [0.5, 0.6) is 0 Å². The van der Waals surface area contributed by atoms with Crippen molar-refractivity contribution >= 4 is 5.91 Å². The third-order valence-corrected chi connectivity index (χ3v) is 2.87. The van der Waals surface area contributed by atoms with Crippen LogP contribution in [0.3, 0.4) is 0 Å². The molecule has 3 N–H and O–H groups in total. The molecule has 86 valence electrons. The molecule has 1 aromatic rings. The second-order valence-corrected chi connectivity index (χ2v) is 4.15. The maximum atomic E-state index is 10.4. The molecule has 4 heteroatoms. The second kappa shape index (κ2) is 5.09. The number of carbonyl (C=O) groups excluding carboxylic acids is 1. The van der Waals surface area contributed by atoms with Crippen LogP contribution in [-0.2, 0) is 9.63 Å². The lowest BCUT2D eigenvalue weighted by atomic mass is 9.76. The van der Waals surface area contributed by atoms with E-state index < -0.39 is 5.91 Å². The van der Waals surface area contributed by atoms with Crippen molar-refractivity contribution in [3.63, 3.8) is 0 Å². The van der Waals surface area contributed by atoms with Gasteiger partial charge in [0.15, 0.2) is 0 Å². The zero-order valence-corrected chi connectivity index (χ0v) is 9.06. The van der Waals surface area contributed by atoms with E-state index in [2.05, 4.69) is 29.7 Å². The Kier molecular flexibility index (Phi) is 3.54. The van der Waals surface area contributed by atoms with Gasteiger partial charge in [-0.2, -0.15) is 5.48 Å². The third-order valence-electron chi connectivity index (χ3n) is 2.87. The lowest BCUT2D eigenvalue weighted by Crippen LogP contribution is -2.41. The van der Waals surface area contributed by atoms with Crippen molar-refractivity contribution in [2.24, 2.45) is 5.73 Å². The largest absolute Gasteiger partial charge is 0.368 e. The number of nitrogens with two attached hydrogens (primary N) is 1. The van der Waals surface area contributed by atoms with Crippen LogP contribution in [-0.4, -0.2) is 18.6 Å². The SMILES string of the molecule is NC(=O)CONC1CC(c2ccccc2)C1. The molecule has 0 radical (unpaired) electrons. The van der Waals surface area contributed by atoms with Crippen LogP contribution in [0.25, 0.3) is 0 Å². The minimum Gasteiger partial charge on any atom is -0.368 e. The lowest BCUT2D eigenvalue weighted by Gasteiger charge is -2.35. The van der Waals surface area contributed by atoms with E-state index in [1.165, 1.54) is 5.56 Å². The van der Waals surface area contributed by atoms with Crippen LogP contribution in [0.15, 0.2) is 30.3 Å². The molecule has 1 aromatic carbocycles. The number of hydrogen-bond donors (Lipinski definition) is 2. The molecule has 0 unspecified atom stereocenters. The number of primary amides is 1. The number of carbonyl (C=O) groups is 1. The third kappa shape index (κ3) is 2.81. The van der Waals surface area contributed by atoms with Gasteiger partial charge in [0.05, 0.1) is 0 Å². The van der Waals surface area contributed by atoms with E-state index in [0.717, 1.165) is 12.8 Å². The number of nitrogens with one attached hydrogen (secondary N) is 1. The maximum absolute atomic E-state index is 10.4. The van der Waals surface area contributed by atoms with E-state index >= 15 is 0 Å². The highest BCUT2D eigenvalue weighted by Crippen LogP contribution is 2.36. The fourth-order valence-electron chi connectivity index (χ4n) is 1.94. The Bertz CT molecular complexity index is 347. The summed E-state index contributed by atoms with van der Waals surface area (Å²) in [5.41, 5.74) is 9.17. The molecule has 16 heavy (non-hydrogen) atoms. The van der Waals surface area contributed by atoms with Crippen molar-refractivity contribution in [2.75, 3.05) is 6.61 Å². The monoisotopic (exact) mass is 220 g/mol. The molecule has 1 aliphatic carbocycles. The topological polar surface area (TPSA) is 64.4 Å². The van der Waals surface area contributed by atoms with Crippen LogP contribution >= 0.6 is 0 Å². The van der Waals surface area contributed by atoms with E-state index in [1.54, 1.807) is 0 Å². The van der Waals surface area contributed by atoms with Gasteiger partial charge in [-0.25, -0.2) is 0 Å². The molecule has 1 fully saturated rings. The first-order valence-electron chi connectivity index (χ1n) is 5.46. The van der Waals surface area contributed by atoms with E-state index in [9.17, 15) is 4.79 Å². The van der Waals surface area contributed by atoms with Crippen LogP contribution in [0.4, 0.5) is 0 Å². The number of hydroxylamine groups is 1. The van der Waals surface area contributed by atoms with Gasteiger partial charge < -0.3 is 5.73 Å². The Morgan fingerprint density at radius 2 is 2.06 bits per heavy atom. The summed E-state index contributed by atoms with van der Waals surface area (Å²) < 4.78 is 0. The van der Waals surface area contributed by atoms with Crippen LogP contribution in [0.2, 0.25) is 0 Å². The molecule has 0 bridgehead atoms. The van der Waals surface area contributed by atoms with Gasteiger partial charge in [0, 0.05) is 6.04 Å². The first-order chi connectivity index (χ1) is 7.75. The first kappa shape index (κ1) is 11.1. The smallest absolute Gasteiger partial charge is 0.245 e. The van der Waals surface area contributed by atoms with Crippen LogP contribution < -0.4 is 11.2 Å². The second-order valence-electron chi connectivity index (χ2n) is 4.15. The lowest BCUT2D eigenvalue weighted by molar-refractivity contribution is -0.126. The molecular formula is C12H16N2O2. The van der Waals surface area contributed by atoms with Gasteiger partial charge >= 0.3 is 0 Å². The summed E-state index contributed by atoms with van der Waals surface area (Å²) in [6.45, 7) is -0.0630. The predicted molar refractivity (Wildman–Crippen MR) is 60.5 cm³/mol. The molecule has 1 saturated carbocycles. The maximum Gasteiger partial charge on any atom is 0.245 e. The fourth-order valence-corrected chi connectivity index (χ4v) is 1.94. The Morgan fingerprint density at radius 1 is 1.38 bits per heavy atom. The van der Waals surface area contributed by atoms with Gasteiger partial charge in [-0.1, -0.05) is 30.3 Å². The van der Waals surface area contributed by atoms with Crippen molar-refractivity contribution in [1.82, 2.24) is 5.48 Å². The summed E-state index contributed by atoms with van der Waals surface area (Å²) in [5.74, 6) is 0.155. The van der Waals surface area contributed by atoms with Crippen molar-refractivity contribution < 1.29 is 9.63 Å². The predicted octanol–water partition coefficient (Wildman–Crippen LogP) is 0.939. The highest BCUT2D eigenvalue weighted by Gasteiger charge is 2.30. The summed E-state index contributed by atoms with van der Waals surface area (Å²) >= 11 is 0. The first-order valence-corrected chi connectivity index (χ1v) is 5.46. The van der Waals surface area contributed by atoms with E-state index in [-0.39, 0.29) is 6.61 Å². The van der Waals surface area contributed by atoms with Gasteiger partial charge in [-0.05, 0) is 24.3 Å². The Labute approximate surface area is 94.7 Å². The average Bonchev–Trinajstić information content (AvgIpc) is 2.22. The van der Waals surface area contributed by atoms with Crippen molar-refractivity contribution in [1.29, 1.82) is 0 Å². The molecule has 1 amide bonds. The van der Waals surface area contributed by atoms with Gasteiger partial charge in [0.1, 0.15) is 6.61 Å². The number of rotatable bonds is 5. The van der Waals surface area contributed by atoms with E-state index in [1.807, 2.05) is 6.07 Å². The van der Waals surface area contributed by atoms with Crippen LogP contribution in [0.1, 0.15) is 24.3 Å². The highest BCUT2D eigenvalue weighted by atomic mass is 16.6. The minimum atomic E-state index is -0.452. The minimum absolute atomic E-state index is 0.0630. The summed E-state index contributed by atoms with van der Waals surface area (Å²) in [7, 11) is 0. The highest BCUT2D eigenvalue weighted by molar-refractivity contribution is 5.74. The normalized spacial score (nSPS) is 23.8. The molecule has 0 aromatic heterocycles. The van der Waals surface area contributed by atoms with Crippen molar-refractivity contribution in [3.05, 3.63) is 35.9 Å². The molecule has 0 saturated heterocycles. The molecule has 0 atom stereocenters.